The summed E-state index contributed by atoms with van der Waals surface area (Å²) in [5.74, 6) is 1.52. The fraction of sp³-hybridized carbons (Fsp3) is 1.00. The van der Waals surface area contributed by atoms with Gasteiger partial charge in [0.1, 0.15) is 0 Å². The molecule has 4 atom stereocenters. The Morgan fingerprint density at radius 1 is 0.522 bits per heavy atom. The van der Waals surface area contributed by atoms with E-state index in [1.54, 1.807) is 0 Å². The van der Waals surface area contributed by atoms with Crippen molar-refractivity contribution >= 4 is 0 Å². The molecule has 0 saturated carbocycles. The van der Waals surface area contributed by atoms with Gasteiger partial charge in [0, 0.05) is 0 Å². The van der Waals surface area contributed by atoms with Gasteiger partial charge < -0.3 is 4.74 Å². The summed E-state index contributed by atoms with van der Waals surface area (Å²) in [6, 6.07) is 0. The molecule has 0 radical (unpaired) electrons. The van der Waals surface area contributed by atoms with E-state index in [9.17, 15) is 0 Å². The summed E-state index contributed by atoms with van der Waals surface area (Å²) in [4.78, 5) is 0. The van der Waals surface area contributed by atoms with Gasteiger partial charge in [0.15, 0.2) is 0 Å². The monoisotopic (exact) mass is 326 g/mol. The molecule has 0 aromatic rings. The van der Waals surface area contributed by atoms with Crippen LogP contribution in [0.25, 0.3) is 0 Å². The van der Waals surface area contributed by atoms with Crippen molar-refractivity contribution in [2.75, 3.05) is 0 Å². The van der Waals surface area contributed by atoms with Gasteiger partial charge in [-0.05, 0) is 37.5 Å². The molecule has 1 nitrogen and oxygen atoms in total. The van der Waals surface area contributed by atoms with Crippen LogP contribution in [0, 0.1) is 11.8 Å². The van der Waals surface area contributed by atoms with Gasteiger partial charge in [0.05, 0.1) is 12.2 Å². The molecule has 0 rings (SSSR count). The molecule has 0 saturated heterocycles. The Morgan fingerprint density at radius 2 is 0.913 bits per heavy atom. The minimum atomic E-state index is 0.490. The molecule has 0 N–H and O–H groups in total. The second-order valence-corrected chi connectivity index (χ2v) is 7.41. The number of ether oxygens (including phenoxy) is 1. The van der Waals surface area contributed by atoms with Gasteiger partial charge in [-0.1, -0.05) is 92.9 Å². The Morgan fingerprint density at radius 3 is 1.17 bits per heavy atom. The standard InChI is InChI=1S/C22H46O/c1-7-13-17-19(11-5)21(15-9-3)23-22(16-10-4)20(12-6)18-14-8-2/h19-22H,7-18H2,1-6H3. The molecule has 0 fully saturated rings. The zero-order valence-electron chi connectivity index (χ0n) is 17.2. The van der Waals surface area contributed by atoms with Crippen LogP contribution in [0.5, 0.6) is 0 Å². The third kappa shape index (κ3) is 9.75. The third-order valence-electron chi connectivity index (χ3n) is 5.45. The fourth-order valence-corrected chi connectivity index (χ4v) is 3.86. The van der Waals surface area contributed by atoms with Gasteiger partial charge in [-0.15, -0.1) is 0 Å². The van der Waals surface area contributed by atoms with Crippen molar-refractivity contribution in [3.63, 3.8) is 0 Å². The quantitative estimate of drug-likeness (QED) is 0.281. The van der Waals surface area contributed by atoms with Gasteiger partial charge in [-0.3, -0.25) is 0 Å². The summed E-state index contributed by atoms with van der Waals surface area (Å²) >= 11 is 0. The van der Waals surface area contributed by atoms with Gasteiger partial charge in [-0.2, -0.15) is 0 Å². The van der Waals surface area contributed by atoms with Gasteiger partial charge in [0.25, 0.3) is 0 Å². The Kier molecular flexibility index (Phi) is 15.5. The Bertz CT molecular complexity index is 214. The zero-order chi connectivity index (χ0) is 17.5. The summed E-state index contributed by atoms with van der Waals surface area (Å²) in [6.45, 7) is 13.9. The van der Waals surface area contributed by atoms with E-state index in [4.69, 9.17) is 4.74 Å². The van der Waals surface area contributed by atoms with Gasteiger partial charge in [0.2, 0.25) is 0 Å². The van der Waals surface area contributed by atoms with Crippen molar-refractivity contribution in [1.82, 2.24) is 0 Å². The minimum absolute atomic E-state index is 0.490. The van der Waals surface area contributed by atoms with Crippen LogP contribution in [0.15, 0.2) is 0 Å². The molecule has 0 bridgehead atoms. The molecule has 0 aliphatic heterocycles. The molecule has 1 heteroatoms. The lowest BCUT2D eigenvalue weighted by Crippen LogP contribution is -2.33. The third-order valence-corrected chi connectivity index (χ3v) is 5.45. The van der Waals surface area contributed by atoms with E-state index in [0.717, 1.165) is 11.8 Å². The predicted molar refractivity (Wildman–Crippen MR) is 105 cm³/mol. The number of hydrogen-bond donors (Lipinski definition) is 0. The SMILES string of the molecule is CCCCC(CC)C(CCC)OC(CCC)C(CC)CCCC. The van der Waals surface area contributed by atoms with Crippen LogP contribution in [0.4, 0.5) is 0 Å². The van der Waals surface area contributed by atoms with E-state index in [2.05, 4.69) is 41.5 Å². The maximum absolute atomic E-state index is 6.83. The molecular formula is C22H46O. The summed E-state index contributed by atoms with van der Waals surface area (Å²) in [5.41, 5.74) is 0. The first-order valence-corrected chi connectivity index (χ1v) is 10.8. The van der Waals surface area contributed by atoms with Crippen molar-refractivity contribution in [3.05, 3.63) is 0 Å². The lowest BCUT2D eigenvalue weighted by molar-refractivity contribution is -0.0809. The number of rotatable bonds is 16. The molecule has 0 aliphatic rings. The zero-order valence-corrected chi connectivity index (χ0v) is 17.2. The predicted octanol–water partition coefficient (Wildman–Crippen LogP) is 7.77. The van der Waals surface area contributed by atoms with E-state index in [0.29, 0.717) is 12.2 Å². The second-order valence-electron chi connectivity index (χ2n) is 7.41. The lowest BCUT2D eigenvalue weighted by atomic mass is 9.88. The van der Waals surface area contributed by atoms with Crippen molar-refractivity contribution in [2.45, 2.75) is 131 Å². The van der Waals surface area contributed by atoms with Crippen molar-refractivity contribution in [3.8, 4) is 0 Å². The highest BCUT2D eigenvalue weighted by Crippen LogP contribution is 2.30. The van der Waals surface area contributed by atoms with E-state index >= 15 is 0 Å². The molecule has 0 aromatic carbocycles. The highest BCUT2D eigenvalue weighted by molar-refractivity contribution is 4.76. The van der Waals surface area contributed by atoms with Crippen LogP contribution in [-0.2, 0) is 4.74 Å². The molecule has 23 heavy (non-hydrogen) atoms. The van der Waals surface area contributed by atoms with E-state index in [1.165, 1.54) is 77.0 Å². The second kappa shape index (κ2) is 15.5. The smallest absolute Gasteiger partial charge is 0.0607 e. The lowest BCUT2D eigenvalue weighted by Gasteiger charge is -2.34. The number of hydrogen-bond acceptors (Lipinski definition) is 1. The highest BCUT2D eigenvalue weighted by atomic mass is 16.5. The van der Waals surface area contributed by atoms with Crippen molar-refractivity contribution < 1.29 is 4.74 Å². The highest BCUT2D eigenvalue weighted by Gasteiger charge is 2.27. The number of unbranched alkanes of at least 4 members (excludes halogenated alkanes) is 2. The average Bonchev–Trinajstić information content (AvgIpc) is 2.56. The minimum Gasteiger partial charge on any atom is -0.374 e. The van der Waals surface area contributed by atoms with Crippen LogP contribution >= 0.6 is 0 Å². The van der Waals surface area contributed by atoms with E-state index < -0.39 is 0 Å². The molecule has 0 spiro atoms. The van der Waals surface area contributed by atoms with Crippen LogP contribution in [0.2, 0.25) is 0 Å². The van der Waals surface area contributed by atoms with Gasteiger partial charge >= 0.3 is 0 Å². The Hall–Kier alpha value is -0.0400. The van der Waals surface area contributed by atoms with Crippen LogP contribution < -0.4 is 0 Å². The first-order chi connectivity index (χ1) is 11.2. The molecular weight excluding hydrogens is 280 g/mol. The first kappa shape index (κ1) is 23.0. The molecule has 0 amide bonds. The normalized spacial score (nSPS) is 17.0. The Balaban J connectivity index is 4.88. The molecule has 0 aromatic heterocycles. The van der Waals surface area contributed by atoms with Gasteiger partial charge in [-0.25, -0.2) is 0 Å². The van der Waals surface area contributed by atoms with Crippen molar-refractivity contribution in [2.24, 2.45) is 11.8 Å². The molecule has 0 aliphatic carbocycles. The fourth-order valence-electron chi connectivity index (χ4n) is 3.86. The summed E-state index contributed by atoms with van der Waals surface area (Å²) in [5, 5.41) is 0. The molecule has 140 valence electrons. The summed E-state index contributed by atoms with van der Waals surface area (Å²) in [6.07, 6.45) is 16.5. The summed E-state index contributed by atoms with van der Waals surface area (Å²) in [7, 11) is 0. The maximum atomic E-state index is 6.83. The topological polar surface area (TPSA) is 9.23 Å². The van der Waals surface area contributed by atoms with Crippen LogP contribution in [-0.4, -0.2) is 12.2 Å². The van der Waals surface area contributed by atoms with Crippen LogP contribution in [0.3, 0.4) is 0 Å². The first-order valence-electron chi connectivity index (χ1n) is 10.8. The van der Waals surface area contributed by atoms with Crippen molar-refractivity contribution in [1.29, 1.82) is 0 Å². The molecule has 4 unspecified atom stereocenters. The average molecular weight is 327 g/mol. The summed E-state index contributed by atoms with van der Waals surface area (Å²) < 4.78 is 6.83. The van der Waals surface area contributed by atoms with E-state index in [-0.39, 0.29) is 0 Å². The molecule has 0 heterocycles. The van der Waals surface area contributed by atoms with Crippen LogP contribution in [0.1, 0.15) is 119 Å². The Labute approximate surface area is 148 Å². The maximum Gasteiger partial charge on any atom is 0.0607 e. The largest absolute Gasteiger partial charge is 0.374 e. The van der Waals surface area contributed by atoms with E-state index in [1.807, 2.05) is 0 Å².